The highest BCUT2D eigenvalue weighted by Gasteiger charge is 2.22. The molecule has 2 rings (SSSR count). The van der Waals surface area contributed by atoms with Gasteiger partial charge in [-0.1, -0.05) is 11.6 Å². The molecule has 7 heteroatoms. The molecule has 0 spiro atoms. The number of unbranched alkanes of at least 4 members (excludes halogenated alkanes) is 1. The minimum atomic E-state index is -0.534. The van der Waals surface area contributed by atoms with Crippen molar-refractivity contribution < 1.29 is 14.4 Å². The smallest absolute Gasteiger partial charge is 0.393 e. The quantitative estimate of drug-likeness (QED) is 0.643. The molecule has 0 aromatic carbocycles. The number of carbonyl (C=O) groups is 1. The first-order valence-corrected chi connectivity index (χ1v) is 7.63. The predicted molar refractivity (Wildman–Crippen MR) is 75.7 cm³/mol. The van der Waals surface area contributed by atoms with Crippen LogP contribution in [0.4, 0.5) is 0 Å². The first-order chi connectivity index (χ1) is 10.1. The van der Waals surface area contributed by atoms with E-state index < -0.39 is 5.76 Å². The summed E-state index contributed by atoms with van der Waals surface area (Å²) in [5.74, 6) is 0.383. The van der Waals surface area contributed by atoms with Crippen LogP contribution in [0.2, 0.25) is 0 Å². The van der Waals surface area contributed by atoms with Crippen molar-refractivity contribution >= 4 is 5.91 Å². The Morgan fingerprint density at radius 3 is 3.00 bits per heavy atom. The molecule has 21 heavy (non-hydrogen) atoms. The number of amides is 1. The first-order valence-electron chi connectivity index (χ1n) is 7.63. The largest absolute Gasteiger partial charge is 0.438 e. The minimum absolute atomic E-state index is 0.0592. The molecule has 1 fully saturated rings. The van der Waals surface area contributed by atoms with Gasteiger partial charge in [-0.2, -0.15) is 0 Å². The van der Waals surface area contributed by atoms with Crippen molar-refractivity contribution in [3.63, 3.8) is 0 Å². The summed E-state index contributed by atoms with van der Waals surface area (Å²) in [6, 6.07) is 0. The molecule has 0 bridgehead atoms. The van der Waals surface area contributed by atoms with Crippen molar-refractivity contribution in [3.8, 4) is 0 Å². The Balaban J connectivity index is 1.53. The Morgan fingerprint density at radius 1 is 1.43 bits per heavy atom. The van der Waals surface area contributed by atoms with E-state index in [9.17, 15) is 14.7 Å². The Bertz CT molecular complexity index is 496. The van der Waals surface area contributed by atoms with Crippen LogP contribution in [0.1, 0.15) is 50.8 Å². The zero-order chi connectivity index (χ0) is 15.1. The van der Waals surface area contributed by atoms with Crippen molar-refractivity contribution in [1.29, 1.82) is 0 Å². The summed E-state index contributed by atoms with van der Waals surface area (Å²) in [5, 5.41) is 16.1. The average molecular weight is 297 g/mol. The van der Waals surface area contributed by atoms with E-state index >= 15 is 0 Å². The third-order valence-electron chi connectivity index (χ3n) is 3.88. The van der Waals surface area contributed by atoms with Crippen molar-refractivity contribution in [2.24, 2.45) is 5.92 Å². The van der Waals surface area contributed by atoms with E-state index in [0.717, 1.165) is 38.5 Å². The minimum Gasteiger partial charge on any atom is -0.393 e. The van der Waals surface area contributed by atoms with Crippen LogP contribution in [-0.2, 0) is 11.2 Å². The van der Waals surface area contributed by atoms with Gasteiger partial charge in [-0.3, -0.25) is 14.3 Å². The van der Waals surface area contributed by atoms with Gasteiger partial charge < -0.3 is 10.4 Å². The van der Waals surface area contributed by atoms with Crippen LogP contribution < -0.4 is 11.1 Å². The van der Waals surface area contributed by atoms with Gasteiger partial charge in [-0.05, 0) is 38.0 Å². The lowest BCUT2D eigenvalue weighted by Gasteiger charge is -2.25. The van der Waals surface area contributed by atoms with Crippen molar-refractivity contribution in [1.82, 2.24) is 15.5 Å². The number of aliphatic hydroxyl groups is 1. The highest BCUT2D eigenvalue weighted by Crippen LogP contribution is 2.26. The van der Waals surface area contributed by atoms with E-state index in [0.29, 0.717) is 31.1 Å². The number of H-pyrrole nitrogens is 1. The molecule has 118 valence electrons. The maximum absolute atomic E-state index is 11.8. The molecule has 1 heterocycles. The predicted octanol–water partition coefficient (Wildman–Crippen LogP) is 0.743. The molecule has 1 amide bonds. The molecule has 1 aromatic heterocycles. The van der Waals surface area contributed by atoms with Crippen LogP contribution in [0.15, 0.2) is 9.32 Å². The van der Waals surface area contributed by atoms with Crippen molar-refractivity contribution in [2.75, 3.05) is 6.54 Å². The molecule has 2 unspecified atom stereocenters. The fraction of sp³-hybridized carbons (Fsp3) is 0.786. The summed E-state index contributed by atoms with van der Waals surface area (Å²) in [7, 11) is 0. The number of carbonyl (C=O) groups excluding carboxylic acids is 1. The maximum atomic E-state index is 11.8. The molecular formula is C14H23N3O4. The van der Waals surface area contributed by atoms with E-state index in [1.54, 1.807) is 0 Å². The summed E-state index contributed by atoms with van der Waals surface area (Å²) < 4.78 is 4.40. The van der Waals surface area contributed by atoms with Crippen LogP contribution >= 0.6 is 0 Å². The number of aromatic amines is 1. The lowest BCUT2D eigenvalue weighted by atomic mass is 9.85. The van der Waals surface area contributed by atoms with Crippen LogP contribution in [-0.4, -0.2) is 33.8 Å². The zero-order valence-corrected chi connectivity index (χ0v) is 12.1. The molecule has 0 saturated heterocycles. The van der Waals surface area contributed by atoms with Gasteiger partial charge in [0.2, 0.25) is 5.91 Å². The highest BCUT2D eigenvalue weighted by atomic mass is 16.5. The molecule has 2 atom stereocenters. The fourth-order valence-corrected chi connectivity index (χ4v) is 2.80. The number of rotatable bonds is 7. The average Bonchev–Trinajstić information content (AvgIpc) is 2.84. The summed E-state index contributed by atoms with van der Waals surface area (Å²) in [6.45, 7) is 0.621. The second-order valence-electron chi connectivity index (χ2n) is 5.74. The van der Waals surface area contributed by atoms with E-state index in [2.05, 4.69) is 20.0 Å². The Kier molecular flexibility index (Phi) is 5.98. The fourth-order valence-electron chi connectivity index (χ4n) is 2.80. The third-order valence-corrected chi connectivity index (χ3v) is 3.88. The summed E-state index contributed by atoms with van der Waals surface area (Å²) in [6.07, 6.45) is 6.21. The summed E-state index contributed by atoms with van der Waals surface area (Å²) >= 11 is 0. The SMILES string of the molecule is O=C(CC1CCCC(O)C1)NCCCCc1noc(=O)[nH]1. The second-order valence-corrected chi connectivity index (χ2v) is 5.74. The standard InChI is InChI=1S/C14H23N3O4/c18-11-5-3-4-10(8-11)9-13(19)15-7-2-1-6-12-16-14(20)21-17-12/h10-11,18H,1-9H2,(H,15,19)(H,16,17,20). The number of aliphatic hydroxyl groups excluding tert-OH is 1. The normalized spacial score (nSPS) is 22.1. The van der Waals surface area contributed by atoms with Crippen LogP contribution in [0.3, 0.4) is 0 Å². The molecule has 1 aromatic rings. The molecule has 1 aliphatic carbocycles. The Morgan fingerprint density at radius 2 is 2.29 bits per heavy atom. The van der Waals surface area contributed by atoms with Gasteiger partial charge in [0.15, 0.2) is 5.82 Å². The van der Waals surface area contributed by atoms with E-state index in [1.807, 2.05) is 0 Å². The van der Waals surface area contributed by atoms with Crippen LogP contribution in [0.25, 0.3) is 0 Å². The summed E-state index contributed by atoms with van der Waals surface area (Å²) in [5.41, 5.74) is 0. The topological polar surface area (TPSA) is 108 Å². The number of aryl methyl sites for hydroxylation is 1. The van der Waals surface area contributed by atoms with E-state index in [1.165, 1.54) is 0 Å². The van der Waals surface area contributed by atoms with Crippen LogP contribution in [0.5, 0.6) is 0 Å². The molecule has 7 nitrogen and oxygen atoms in total. The Hall–Kier alpha value is -1.63. The Labute approximate surface area is 123 Å². The molecule has 0 aliphatic heterocycles. The molecular weight excluding hydrogens is 274 g/mol. The number of hydrogen-bond acceptors (Lipinski definition) is 5. The van der Waals surface area contributed by atoms with Gasteiger partial charge in [-0.15, -0.1) is 0 Å². The summed E-state index contributed by atoms with van der Waals surface area (Å²) in [4.78, 5) is 25.0. The number of hydrogen-bond donors (Lipinski definition) is 3. The van der Waals surface area contributed by atoms with Gasteiger partial charge >= 0.3 is 5.76 Å². The maximum Gasteiger partial charge on any atom is 0.438 e. The van der Waals surface area contributed by atoms with Gasteiger partial charge in [0, 0.05) is 19.4 Å². The molecule has 0 radical (unpaired) electrons. The van der Waals surface area contributed by atoms with E-state index in [-0.39, 0.29) is 12.0 Å². The van der Waals surface area contributed by atoms with E-state index in [4.69, 9.17) is 0 Å². The van der Waals surface area contributed by atoms with Gasteiger partial charge in [0.1, 0.15) is 0 Å². The number of nitrogens with one attached hydrogen (secondary N) is 2. The van der Waals surface area contributed by atoms with Crippen LogP contribution in [0, 0.1) is 5.92 Å². The lowest BCUT2D eigenvalue weighted by Crippen LogP contribution is -2.29. The van der Waals surface area contributed by atoms with Gasteiger partial charge in [0.05, 0.1) is 6.10 Å². The lowest BCUT2D eigenvalue weighted by molar-refractivity contribution is -0.122. The second kappa shape index (κ2) is 7.97. The van der Waals surface area contributed by atoms with Gasteiger partial charge in [-0.25, -0.2) is 4.79 Å². The zero-order valence-electron chi connectivity index (χ0n) is 12.1. The van der Waals surface area contributed by atoms with Crippen molar-refractivity contribution in [3.05, 3.63) is 16.4 Å². The molecule has 1 saturated carbocycles. The first kappa shape index (κ1) is 15.8. The van der Waals surface area contributed by atoms with Crippen molar-refractivity contribution in [2.45, 2.75) is 57.5 Å². The highest BCUT2D eigenvalue weighted by molar-refractivity contribution is 5.76. The monoisotopic (exact) mass is 297 g/mol. The number of nitrogens with zero attached hydrogens (tertiary/aromatic N) is 1. The molecule has 3 N–H and O–H groups in total. The van der Waals surface area contributed by atoms with Gasteiger partial charge in [0.25, 0.3) is 0 Å². The molecule has 1 aliphatic rings. The number of aromatic nitrogens is 2. The third kappa shape index (κ3) is 5.71.